The Balaban J connectivity index is 0.000000745. The summed E-state index contributed by atoms with van der Waals surface area (Å²) in [4.78, 5) is 10.3. The van der Waals surface area contributed by atoms with Crippen LogP contribution in [0, 0.1) is 5.82 Å². The second-order valence-electron chi connectivity index (χ2n) is 3.66. The molecule has 1 aromatic heterocycles. The maximum Gasteiger partial charge on any atom is 0.573 e. The quantitative estimate of drug-likeness (QED) is 0.639. The van der Waals surface area contributed by atoms with Crippen molar-refractivity contribution < 1.29 is 36.2 Å². The molecule has 0 fully saturated rings. The summed E-state index contributed by atoms with van der Waals surface area (Å²) in [7, 11) is 3.25. The highest BCUT2D eigenvalue weighted by Gasteiger charge is 2.31. The van der Waals surface area contributed by atoms with Gasteiger partial charge in [0.2, 0.25) is 6.29 Å². The number of halogens is 4. The van der Waals surface area contributed by atoms with E-state index >= 15 is 0 Å². The van der Waals surface area contributed by atoms with Gasteiger partial charge in [-0.15, -0.1) is 23.4 Å². The molecule has 22 heavy (non-hydrogen) atoms. The average molecular weight is 322 g/mol. The molecule has 1 aromatic carbocycles. The van der Waals surface area contributed by atoms with Gasteiger partial charge in [0, 0.05) is 14.2 Å². The number of aromatic nitrogens is 2. The van der Waals surface area contributed by atoms with Crippen molar-refractivity contribution in [3.63, 3.8) is 0 Å². The van der Waals surface area contributed by atoms with Gasteiger partial charge in [-0.1, -0.05) is 0 Å². The molecule has 10 heteroatoms. The standard InChI is InChI=1S/C10H4F4N2O3.C2H6O/c11-7-2-1-5(19-10(12,13)14)3-6(7)9-16-15-8(4-17)18-9;1-3-2/h1-4H;1-2H3. The van der Waals surface area contributed by atoms with Crippen LogP contribution in [0.25, 0.3) is 11.5 Å². The summed E-state index contributed by atoms with van der Waals surface area (Å²) >= 11 is 0. The highest BCUT2D eigenvalue weighted by molar-refractivity contribution is 5.68. The van der Waals surface area contributed by atoms with Gasteiger partial charge in [0.1, 0.15) is 11.6 Å². The van der Waals surface area contributed by atoms with Gasteiger partial charge in [0.15, 0.2) is 0 Å². The first kappa shape index (κ1) is 17.6. The van der Waals surface area contributed by atoms with Crippen LogP contribution in [0.1, 0.15) is 10.7 Å². The first-order valence-electron chi connectivity index (χ1n) is 5.55. The molecule has 0 N–H and O–H groups in total. The van der Waals surface area contributed by atoms with Crippen molar-refractivity contribution >= 4 is 6.29 Å². The molecule has 0 saturated heterocycles. The molecule has 0 spiro atoms. The normalized spacial score (nSPS) is 10.6. The van der Waals surface area contributed by atoms with Crippen molar-refractivity contribution in [3.8, 4) is 17.2 Å². The van der Waals surface area contributed by atoms with E-state index in [9.17, 15) is 22.4 Å². The summed E-state index contributed by atoms with van der Waals surface area (Å²) in [5.41, 5.74) is -0.401. The third-order valence-electron chi connectivity index (χ3n) is 1.94. The molecule has 0 aliphatic rings. The van der Waals surface area contributed by atoms with Crippen molar-refractivity contribution in [1.82, 2.24) is 10.2 Å². The van der Waals surface area contributed by atoms with Gasteiger partial charge in [-0.25, -0.2) is 4.39 Å². The molecule has 0 atom stereocenters. The van der Waals surface area contributed by atoms with Gasteiger partial charge in [0.25, 0.3) is 11.8 Å². The number of alkyl halides is 3. The Kier molecular flexibility index (Phi) is 5.99. The molecule has 0 aliphatic heterocycles. The zero-order chi connectivity index (χ0) is 16.8. The van der Waals surface area contributed by atoms with E-state index < -0.39 is 35.3 Å². The third-order valence-corrected chi connectivity index (χ3v) is 1.94. The number of aldehydes is 1. The second kappa shape index (κ2) is 7.50. The number of rotatable bonds is 3. The molecule has 0 saturated carbocycles. The van der Waals surface area contributed by atoms with E-state index in [0.717, 1.165) is 18.2 Å². The van der Waals surface area contributed by atoms with Gasteiger partial charge in [-0.05, 0) is 18.2 Å². The fourth-order valence-corrected chi connectivity index (χ4v) is 1.26. The van der Waals surface area contributed by atoms with Crippen molar-refractivity contribution in [1.29, 1.82) is 0 Å². The largest absolute Gasteiger partial charge is 0.573 e. The second-order valence-corrected chi connectivity index (χ2v) is 3.66. The van der Waals surface area contributed by atoms with Crippen LogP contribution in [0.5, 0.6) is 5.75 Å². The number of hydrogen-bond donors (Lipinski definition) is 0. The number of ether oxygens (including phenoxy) is 2. The number of hydrogen-bond acceptors (Lipinski definition) is 6. The molecule has 6 nitrogen and oxygen atoms in total. The summed E-state index contributed by atoms with van der Waals surface area (Å²) < 4.78 is 62.1. The summed E-state index contributed by atoms with van der Waals surface area (Å²) in [5, 5.41) is 6.57. The topological polar surface area (TPSA) is 74.5 Å². The average Bonchev–Trinajstić information content (AvgIpc) is 2.89. The maximum atomic E-state index is 13.4. The third kappa shape index (κ3) is 5.13. The first-order valence-corrected chi connectivity index (χ1v) is 5.55. The van der Waals surface area contributed by atoms with Crippen LogP contribution in [0.3, 0.4) is 0 Å². The molecule has 0 bridgehead atoms. The molecule has 0 aliphatic carbocycles. The maximum absolute atomic E-state index is 13.4. The van der Waals surface area contributed by atoms with Crippen molar-refractivity contribution in [2.75, 3.05) is 14.2 Å². The van der Waals surface area contributed by atoms with E-state index in [1.807, 2.05) is 0 Å². The van der Waals surface area contributed by atoms with Crippen molar-refractivity contribution in [3.05, 3.63) is 29.9 Å². The lowest BCUT2D eigenvalue weighted by Crippen LogP contribution is -2.17. The lowest BCUT2D eigenvalue weighted by molar-refractivity contribution is -0.274. The molecule has 0 unspecified atom stereocenters. The monoisotopic (exact) mass is 322 g/mol. The van der Waals surface area contributed by atoms with Gasteiger partial charge in [-0.3, -0.25) is 4.79 Å². The van der Waals surface area contributed by atoms with Crippen LogP contribution >= 0.6 is 0 Å². The lowest BCUT2D eigenvalue weighted by Gasteiger charge is -2.09. The van der Waals surface area contributed by atoms with Crippen LogP contribution in [-0.2, 0) is 4.74 Å². The van der Waals surface area contributed by atoms with Gasteiger partial charge in [-0.2, -0.15) is 0 Å². The number of nitrogens with zero attached hydrogens (tertiary/aromatic N) is 2. The zero-order valence-corrected chi connectivity index (χ0v) is 11.3. The van der Waals surface area contributed by atoms with Crippen LogP contribution in [0.4, 0.5) is 17.6 Å². The molecular formula is C12H10F4N2O4. The van der Waals surface area contributed by atoms with Crippen molar-refractivity contribution in [2.45, 2.75) is 6.36 Å². The Labute approximate surface area is 121 Å². The van der Waals surface area contributed by atoms with Crippen LogP contribution in [0.15, 0.2) is 22.6 Å². The van der Waals surface area contributed by atoms with Crippen molar-refractivity contribution in [2.24, 2.45) is 0 Å². The summed E-state index contributed by atoms with van der Waals surface area (Å²) in [6, 6.07) is 2.29. The van der Waals surface area contributed by atoms with Gasteiger partial charge in [0.05, 0.1) is 5.56 Å². The van der Waals surface area contributed by atoms with Crippen LogP contribution in [-0.4, -0.2) is 37.1 Å². The Bertz CT molecular complexity index is 628. The predicted octanol–water partition coefficient (Wildman–Crippen LogP) is 2.85. The Hall–Kier alpha value is -2.49. The van der Waals surface area contributed by atoms with E-state index in [1.165, 1.54) is 0 Å². The minimum Gasteiger partial charge on any atom is -0.414 e. The number of benzene rings is 1. The zero-order valence-electron chi connectivity index (χ0n) is 11.3. The first-order chi connectivity index (χ1) is 10.3. The van der Waals surface area contributed by atoms with Crippen LogP contribution < -0.4 is 4.74 Å². The fourth-order valence-electron chi connectivity index (χ4n) is 1.26. The molecule has 2 aromatic rings. The molecule has 120 valence electrons. The minimum atomic E-state index is -4.90. The minimum absolute atomic E-state index is 0.227. The number of methoxy groups -OCH3 is 1. The Morgan fingerprint density at radius 3 is 2.36 bits per heavy atom. The molecule has 0 radical (unpaired) electrons. The van der Waals surface area contributed by atoms with Crippen LogP contribution in [0.2, 0.25) is 0 Å². The van der Waals surface area contributed by atoms with Gasteiger partial charge >= 0.3 is 6.36 Å². The van der Waals surface area contributed by atoms with Gasteiger partial charge < -0.3 is 13.9 Å². The van der Waals surface area contributed by atoms with E-state index in [2.05, 4.69) is 19.7 Å². The molecular weight excluding hydrogens is 312 g/mol. The van der Waals surface area contributed by atoms with E-state index in [-0.39, 0.29) is 6.29 Å². The fraction of sp³-hybridized carbons (Fsp3) is 0.250. The highest BCUT2D eigenvalue weighted by Crippen LogP contribution is 2.29. The van der Waals surface area contributed by atoms with E-state index in [0.29, 0.717) is 0 Å². The van der Waals surface area contributed by atoms with E-state index in [1.54, 1.807) is 14.2 Å². The Morgan fingerprint density at radius 1 is 1.23 bits per heavy atom. The lowest BCUT2D eigenvalue weighted by atomic mass is 10.2. The summed E-state index contributed by atoms with van der Waals surface area (Å²) in [6.07, 6.45) is -4.68. The summed E-state index contributed by atoms with van der Waals surface area (Å²) in [5.74, 6) is -2.38. The molecule has 0 amide bonds. The molecule has 2 rings (SSSR count). The van der Waals surface area contributed by atoms with E-state index in [4.69, 9.17) is 4.42 Å². The smallest absolute Gasteiger partial charge is 0.414 e. The predicted molar refractivity (Wildman–Crippen MR) is 64.7 cm³/mol. The Morgan fingerprint density at radius 2 is 1.86 bits per heavy atom. The SMILES string of the molecule is COC.O=Cc1nnc(-c2cc(OC(F)(F)F)ccc2F)o1. The highest BCUT2D eigenvalue weighted by atomic mass is 19.4. The number of carbonyl (C=O) groups excluding carboxylic acids is 1. The molecule has 1 heterocycles. The number of carbonyl (C=O) groups is 1. The summed E-state index contributed by atoms with van der Waals surface area (Å²) in [6.45, 7) is 0.